The average Bonchev–Trinajstić information content (AvgIpc) is 2.77. The molecule has 0 atom stereocenters. The minimum absolute atomic E-state index is 0.145. The van der Waals surface area contributed by atoms with E-state index < -0.39 is 14.9 Å². The fourth-order valence-electron chi connectivity index (χ4n) is 2.74. The highest BCUT2D eigenvalue weighted by Crippen LogP contribution is 2.28. The molecule has 0 aliphatic heterocycles. The molecule has 168 valence electrons. The summed E-state index contributed by atoms with van der Waals surface area (Å²) in [5.41, 5.74) is 6.25. The molecule has 0 aliphatic carbocycles. The number of non-ortho nitro benzene ring substituents is 1. The van der Waals surface area contributed by atoms with E-state index >= 15 is 0 Å². The zero-order valence-corrected chi connectivity index (χ0v) is 19.0. The van der Waals surface area contributed by atoms with E-state index in [0.717, 1.165) is 17.4 Å². The number of thiocarbonyl (C=S) groups is 1. The van der Waals surface area contributed by atoms with Gasteiger partial charge in [0, 0.05) is 31.8 Å². The van der Waals surface area contributed by atoms with Crippen molar-refractivity contribution in [1.29, 1.82) is 0 Å². The van der Waals surface area contributed by atoms with E-state index in [9.17, 15) is 18.5 Å². The number of rotatable bonds is 10. The summed E-state index contributed by atoms with van der Waals surface area (Å²) in [6, 6.07) is 11.0. The number of nitro groups is 1. The van der Waals surface area contributed by atoms with E-state index in [2.05, 4.69) is 16.2 Å². The van der Waals surface area contributed by atoms with Crippen LogP contribution >= 0.6 is 12.2 Å². The van der Waals surface area contributed by atoms with Gasteiger partial charge >= 0.3 is 0 Å². The molecule has 2 rings (SSSR count). The average molecular weight is 468 g/mol. The second kappa shape index (κ2) is 10.9. The fourth-order valence-corrected chi connectivity index (χ4v) is 4.49. The van der Waals surface area contributed by atoms with Gasteiger partial charge in [0.05, 0.1) is 17.7 Å². The molecule has 0 unspecified atom stereocenters. The number of hydrazine groups is 1. The number of anilines is 1. The summed E-state index contributed by atoms with van der Waals surface area (Å²) in [4.78, 5) is 10.3. The van der Waals surface area contributed by atoms with Crippen LogP contribution in [0.25, 0.3) is 0 Å². The van der Waals surface area contributed by atoms with Crippen molar-refractivity contribution >= 4 is 38.7 Å². The van der Waals surface area contributed by atoms with Gasteiger partial charge in [0.1, 0.15) is 10.6 Å². The molecule has 0 spiro atoms. The first-order valence-corrected chi connectivity index (χ1v) is 11.3. The van der Waals surface area contributed by atoms with Gasteiger partial charge in [-0.25, -0.2) is 8.42 Å². The predicted molar refractivity (Wildman–Crippen MR) is 122 cm³/mol. The van der Waals surface area contributed by atoms with Crippen LogP contribution in [0.2, 0.25) is 0 Å². The van der Waals surface area contributed by atoms with E-state index in [1.807, 2.05) is 24.3 Å². The van der Waals surface area contributed by atoms with Crippen LogP contribution < -0.4 is 20.9 Å². The van der Waals surface area contributed by atoms with Gasteiger partial charge in [-0.15, -0.1) is 0 Å². The molecule has 0 saturated heterocycles. The van der Waals surface area contributed by atoms with Crippen molar-refractivity contribution in [3.05, 3.63) is 58.1 Å². The third-order valence-electron chi connectivity index (χ3n) is 4.42. The number of methoxy groups -OCH3 is 1. The number of nitrogens with one attached hydrogen (secondary N) is 3. The molecular formula is C19H25N5O5S2. The summed E-state index contributed by atoms with van der Waals surface area (Å²) in [6.45, 7) is 4.29. The number of ether oxygens (including phenoxy) is 1. The fraction of sp³-hybridized carbons (Fsp3) is 0.316. The molecule has 31 heavy (non-hydrogen) atoms. The van der Waals surface area contributed by atoms with Crippen LogP contribution in [0.3, 0.4) is 0 Å². The molecule has 2 aromatic rings. The lowest BCUT2D eigenvalue weighted by molar-refractivity contribution is -0.385. The first kappa shape index (κ1) is 24.3. The summed E-state index contributed by atoms with van der Waals surface area (Å²) in [5.74, 6) is 0.742. The van der Waals surface area contributed by atoms with Gasteiger partial charge in [0.15, 0.2) is 5.11 Å². The summed E-state index contributed by atoms with van der Waals surface area (Å²) in [6.07, 6.45) is 0. The van der Waals surface area contributed by atoms with Crippen LogP contribution in [-0.4, -0.2) is 43.0 Å². The van der Waals surface area contributed by atoms with Crippen molar-refractivity contribution in [3.63, 3.8) is 0 Å². The Hall–Kier alpha value is -2.96. The molecule has 0 radical (unpaired) electrons. The standard InChI is InChI=1S/C19H25N5O5S2/c1-4-23(5-2)31(27,28)18-12-15(24(25)26)8-11-17(18)21-22-19(30)20-13-14-6-9-16(29-3)10-7-14/h6-12,21H,4-5,13H2,1-3H3,(H2,20,22,30). The zero-order valence-electron chi connectivity index (χ0n) is 17.4. The maximum Gasteiger partial charge on any atom is 0.270 e. The van der Waals surface area contributed by atoms with Gasteiger partial charge < -0.3 is 10.1 Å². The van der Waals surface area contributed by atoms with Gasteiger partial charge in [-0.1, -0.05) is 26.0 Å². The van der Waals surface area contributed by atoms with Crippen LogP contribution in [-0.2, 0) is 16.6 Å². The second-order valence-corrected chi connectivity index (χ2v) is 8.62. The van der Waals surface area contributed by atoms with E-state index in [1.54, 1.807) is 21.0 Å². The van der Waals surface area contributed by atoms with Crippen molar-refractivity contribution in [1.82, 2.24) is 15.0 Å². The maximum absolute atomic E-state index is 13.0. The van der Waals surface area contributed by atoms with Gasteiger partial charge in [-0.2, -0.15) is 4.31 Å². The van der Waals surface area contributed by atoms with Crippen LogP contribution in [0.1, 0.15) is 19.4 Å². The maximum atomic E-state index is 13.0. The predicted octanol–water partition coefficient (Wildman–Crippen LogP) is 2.63. The number of hydrogen-bond donors (Lipinski definition) is 3. The second-order valence-electron chi connectivity index (χ2n) is 6.31. The zero-order chi connectivity index (χ0) is 23.0. The Balaban J connectivity index is 2.14. The first-order valence-electron chi connectivity index (χ1n) is 9.44. The highest BCUT2D eigenvalue weighted by Gasteiger charge is 2.27. The smallest absolute Gasteiger partial charge is 0.270 e. The lowest BCUT2D eigenvalue weighted by Gasteiger charge is -2.21. The molecule has 0 heterocycles. The molecule has 12 heteroatoms. The van der Waals surface area contributed by atoms with Crippen LogP contribution in [0, 0.1) is 10.1 Å². The molecular weight excluding hydrogens is 442 g/mol. The Bertz CT molecular complexity index is 1020. The monoisotopic (exact) mass is 467 g/mol. The molecule has 0 bridgehead atoms. The molecule has 0 saturated carbocycles. The highest BCUT2D eigenvalue weighted by molar-refractivity contribution is 7.89. The first-order chi connectivity index (χ1) is 14.7. The Morgan fingerprint density at radius 3 is 2.35 bits per heavy atom. The third-order valence-corrected chi connectivity index (χ3v) is 6.76. The normalized spacial score (nSPS) is 11.1. The Kier molecular flexibility index (Phi) is 8.54. The lowest BCUT2D eigenvalue weighted by atomic mass is 10.2. The van der Waals surface area contributed by atoms with Gasteiger partial charge in [-0.3, -0.25) is 21.0 Å². The molecule has 0 fully saturated rings. The highest BCUT2D eigenvalue weighted by atomic mass is 32.2. The summed E-state index contributed by atoms with van der Waals surface area (Å²) in [5, 5.41) is 14.4. The number of nitrogens with zero attached hydrogens (tertiary/aromatic N) is 2. The number of hydrogen-bond acceptors (Lipinski definition) is 7. The summed E-state index contributed by atoms with van der Waals surface area (Å²) < 4.78 is 32.3. The third kappa shape index (κ3) is 6.26. The summed E-state index contributed by atoms with van der Waals surface area (Å²) in [7, 11) is -2.36. The lowest BCUT2D eigenvalue weighted by Crippen LogP contribution is -2.39. The van der Waals surface area contributed by atoms with Crippen molar-refractivity contribution in [2.45, 2.75) is 25.3 Å². The number of sulfonamides is 1. The van der Waals surface area contributed by atoms with Gasteiger partial charge in [0.25, 0.3) is 5.69 Å². The topological polar surface area (TPSA) is 126 Å². The van der Waals surface area contributed by atoms with Crippen molar-refractivity contribution < 1.29 is 18.1 Å². The van der Waals surface area contributed by atoms with Crippen molar-refractivity contribution in [3.8, 4) is 5.75 Å². The van der Waals surface area contributed by atoms with Gasteiger partial charge in [0.2, 0.25) is 10.0 Å². The number of nitro benzene ring substituents is 1. The Morgan fingerprint density at radius 2 is 1.81 bits per heavy atom. The molecule has 2 aromatic carbocycles. The van der Waals surface area contributed by atoms with Crippen LogP contribution in [0.5, 0.6) is 5.75 Å². The SMILES string of the molecule is CCN(CC)S(=O)(=O)c1cc([N+](=O)[O-])ccc1NNC(=S)NCc1ccc(OC)cc1. The molecule has 10 nitrogen and oxygen atoms in total. The summed E-state index contributed by atoms with van der Waals surface area (Å²) >= 11 is 5.22. The molecule has 0 aliphatic rings. The molecule has 0 aromatic heterocycles. The van der Waals surface area contributed by atoms with Gasteiger partial charge in [-0.05, 0) is 36.0 Å². The Labute approximate surface area is 186 Å². The molecule has 0 amide bonds. The van der Waals surface area contributed by atoms with E-state index in [-0.39, 0.29) is 34.5 Å². The quantitative estimate of drug-likeness (QED) is 0.275. The van der Waals surface area contributed by atoms with Crippen molar-refractivity contribution in [2.75, 3.05) is 25.6 Å². The minimum atomic E-state index is -3.95. The van der Waals surface area contributed by atoms with E-state index in [1.165, 1.54) is 16.4 Å². The largest absolute Gasteiger partial charge is 0.497 e. The number of benzene rings is 2. The van der Waals surface area contributed by atoms with E-state index in [4.69, 9.17) is 17.0 Å². The molecule has 3 N–H and O–H groups in total. The van der Waals surface area contributed by atoms with E-state index in [0.29, 0.717) is 6.54 Å². The van der Waals surface area contributed by atoms with Crippen molar-refractivity contribution in [2.24, 2.45) is 0 Å². The minimum Gasteiger partial charge on any atom is -0.497 e. The Morgan fingerprint density at radius 1 is 1.16 bits per heavy atom. The van der Waals surface area contributed by atoms with Crippen LogP contribution in [0.4, 0.5) is 11.4 Å². The van der Waals surface area contributed by atoms with Crippen LogP contribution in [0.15, 0.2) is 47.4 Å².